The van der Waals surface area contributed by atoms with Gasteiger partial charge in [-0.05, 0) is 74.1 Å². The zero-order chi connectivity index (χ0) is 20.5. The Morgan fingerprint density at radius 1 is 0.600 bits per heavy atom. The molecule has 0 aliphatic carbocycles. The number of rotatable bonds is 2. The van der Waals surface area contributed by atoms with Crippen LogP contribution in [0.15, 0.2) is 97.1 Å². The minimum atomic E-state index is 0.652. The Kier molecular flexibility index (Phi) is 4.25. The first-order chi connectivity index (χ1) is 14.7. The lowest BCUT2D eigenvalue weighted by Crippen LogP contribution is -1.84. The van der Waals surface area contributed by atoms with E-state index in [0.29, 0.717) is 11.3 Å². The van der Waals surface area contributed by atoms with Crippen LogP contribution in [0.4, 0.5) is 5.69 Å². The summed E-state index contributed by atoms with van der Waals surface area (Å²) in [6.07, 6.45) is 0. The first kappa shape index (κ1) is 17.7. The van der Waals surface area contributed by atoms with Crippen LogP contribution in [-0.2, 0) is 0 Å². The number of nitriles is 1. The molecule has 5 aromatic rings. The molecule has 2 nitrogen and oxygen atoms in total. The summed E-state index contributed by atoms with van der Waals surface area (Å²) in [5, 5.41) is 13.9. The smallest absolute Gasteiger partial charge is 0.187 e. The molecule has 0 spiro atoms. The molecule has 30 heavy (non-hydrogen) atoms. The third kappa shape index (κ3) is 3.08. The predicted octanol–water partition coefficient (Wildman–Crippen LogP) is 7.75. The molecule has 0 bridgehead atoms. The topological polar surface area (TPSA) is 28.1 Å². The monoisotopic (exact) mass is 380 g/mol. The van der Waals surface area contributed by atoms with Crippen molar-refractivity contribution in [2.75, 3.05) is 0 Å². The molecule has 0 N–H and O–H groups in total. The summed E-state index contributed by atoms with van der Waals surface area (Å²) in [4.78, 5) is 3.54. The van der Waals surface area contributed by atoms with Gasteiger partial charge in [-0.3, -0.25) is 0 Å². The normalized spacial score (nSPS) is 10.6. The molecule has 0 unspecified atom stereocenters. The van der Waals surface area contributed by atoms with Crippen LogP contribution in [0.25, 0.3) is 48.6 Å². The van der Waals surface area contributed by atoms with Gasteiger partial charge in [0.2, 0.25) is 0 Å². The first-order valence-electron chi connectivity index (χ1n) is 9.70. The number of benzene rings is 5. The molecule has 0 saturated carbocycles. The van der Waals surface area contributed by atoms with Crippen molar-refractivity contribution in [2.45, 2.75) is 0 Å². The van der Waals surface area contributed by atoms with E-state index in [0.717, 1.165) is 22.3 Å². The van der Waals surface area contributed by atoms with E-state index < -0.39 is 0 Å². The molecule has 5 rings (SSSR count). The lowest BCUT2D eigenvalue weighted by atomic mass is 9.95. The molecule has 0 atom stereocenters. The van der Waals surface area contributed by atoms with E-state index in [9.17, 15) is 0 Å². The van der Waals surface area contributed by atoms with E-state index in [1.54, 1.807) is 0 Å². The third-order valence-corrected chi connectivity index (χ3v) is 5.47. The highest BCUT2D eigenvalue weighted by molar-refractivity contribution is 6.09. The van der Waals surface area contributed by atoms with Crippen LogP contribution in [-0.4, -0.2) is 0 Å². The van der Waals surface area contributed by atoms with E-state index >= 15 is 0 Å². The summed E-state index contributed by atoms with van der Waals surface area (Å²) in [5.41, 5.74) is 5.63. The predicted molar refractivity (Wildman–Crippen MR) is 123 cm³/mol. The molecule has 138 valence electrons. The minimum Gasteiger partial charge on any atom is -0.238 e. The Morgan fingerprint density at radius 3 is 1.77 bits per heavy atom. The van der Waals surface area contributed by atoms with Crippen LogP contribution in [0.3, 0.4) is 0 Å². The van der Waals surface area contributed by atoms with Gasteiger partial charge < -0.3 is 0 Å². The van der Waals surface area contributed by atoms with Crippen molar-refractivity contribution < 1.29 is 0 Å². The molecule has 0 fully saturated rings. The molecule has 0 saturated heterocycles. The largest absolute Gasteiger partial charge is 0.238 e. The zero-order valence-electron chi connectivity index (χ0n) is 16.1. The fourth-order valence-corrected chi connectivity index (χ4v) is 3.95. The summed E-state index contributed by atoms with van der Waals surface area (Å²) in [7, 11) is 0. The Balaban J connectivity index is 1.61. The van der Waals surface area contributed by atoms with E-state index in [4.69, 9.17) is 11.8 Å². The molecule has 5 aromatic carbocycles. The van der Waals surface area contributed by atoms with Crippen molar-refractivity contribution in [3.05, 3.63) is 114 Å². The molecule has 0 aliphatic rings. The quantitative estimate of drug-likeness (QED) is 0.227. The van der Waals surface area contributed by atoms with Crippen LogP contribution in [0, 0.1) is 17.9 Å². The molecule has 2 heteroatoms. The van der Waals surface area contributed by atoms with Crippen LogP contribution in [0.2, 0.25) is 0 Å². The number of hydrogen-bond acceptors (Lipinski definition) is 1. The third-order valence-electron chi connectivity index (χ3n) is 5.47. The van der Waals surface area contributed by atoms with Crippen molar-refractivity contribution >= 4 is 27.2 Å². The van der Waals surface area contributed by atoms with Gasteiger partial charge in [-0.15, -0.1) is 0 Å². The van der Waals surface area contributed by atoms with Crippen LogP contribution in [0.5, 0.6) is 0 Å². The average Bonchev–Trinajstić information content (AvgIpc) is 2.83. The molecule has 0 amide bonds. The standard InChI is InChI=1S/C28H16N2/c1-30-26-7-3-6-21(17-26)23-11-13-28-25(16-23)9-8-24-15-22(10-12-27(24)28)20-5-2-4-19(14-20)18-29/h2-17H. The highest BCUT2D eigenvalue weighted by atomic mass is 14.6. The van der Waals surface area contributed by atoms with Gasteiger partial charge in [0.05, 0.1) is 18.2 Å². The second-order valence-electron chi connectivity index (χ2n) is 7.29. The maximum Gasteiger partial charge on any atom is 0.187 e. The fraction of sp³-hybridized carbons (Fsp3) is 0. The zero-order valence-corrected chi connectivity index (χ0v) is 16.1. The second-order valence-corrected chi connectivity index (χ2v) is 7.29. The van der Waals surface area contributed by atoms with Gasteiger partial charge in [-0.2, -0.15) is 5.26 Å². The number of nitrogens with zero attached hydrogens (tertiary/aromatic N) is 2. The fourth-order valence-electron chi connectivity index (χ4n) is 3.95. The van der Waals surface area contributed by atoms with Gasteiger partial charge in [-0.25, -0.2) is 4.85 Å². The first-order valence-corrected chi connectivity index (χ1v) is 9.70. The highest BCUT2D eigenvalue weighted by Gasteiger charge is 2.06. The van der Waals surface area contributed by atoms with Crippen molar-refractivity contribution in [3.63, 3.8) is 0 Å². The number of hydrogen-bond donors (Lipinski definition) is 0. The van der Waals surface area contributed by atoms with Gasteiger partial charge in [0.25, 0.3) is 0 Å². The van der Waals surface area contributed by atoms with Gasteiger partial charge in [0, 0.05) is 0 Å². The van der Waals surface area contributed by atoms with Crippen molar-refractivity contribution in [2.24, 2.45) is 0 Å². The maximum atomic E-state index is 9.17. The van der Waals surface area contributed by atoms with E-state index in [-0.39, 0.29) is 0 Å². The van der Waals surface area contributed by atoms with Crippen molar-refractivity contribution in [1.29, 1.82) is 5.26 Å². The second kappa shape index (κ2) is 7.21. The lowest BCUT2D eigenvalue weighted by molar-refractivity contribution is 1.48. The molecule has 0 aliphatic heterocycles. The highest BCUT2D eigenvalue weighted by Crippen LogP contribution is 2.33. The summed E-state index contributed by atoms with van der Waals surface area (Å²) < 4.78 is 0. The van der Waals surface area contributed by atoms with Gasteiger partial charge in [0.1, 0.15) is 0 Å². The van der Waals surface area contributed by atoms with Gasteiger partial charge in [0.15, 0.2) is 5.69 Å². The number of fused-ring (bicyclic) bond motifs is 3. The van der Waals surface area contributed by atoms with E-state index in [2.05, 4.69) is 59.4 Å². The van der Waals surface area contributed by atoms with Crippen LogP contribution < -0.4 is 0 Å². The van der Waals surface area contributed by atoms with Gasteiger partial charge >= 0.3 is 0 Å². The Morgan fingerprint density at radius 2 is 1.17 bits per heavy atom. The molecule has 0 heterocycles. The molecular formula is C28H16N2. The summed E-state index contributed by atoms with van der Waals surface area (Å²) >= 11 is 0. The Bertz CT molecular complexity index is 1400. The van der Waals surface area contributed by atoms with Crippen LogP contribution in [0.1, 0.15) is 5.56 Å². The Hall–Kier alpha value is -4.40. The van der Waals surface area contributed by atoms with E-state index in [1.807, 2.05) is 48.5 Å². The van der Waals surface area contributed by atoms with Crippen LogP contribution >= 0.6 is 0 Å². The Labute approximate surface area is 175 Å². The average molecular weight is 380 g/mol. The molecular weight excluding hydrogens is 364 g/mol. The molecule has 0 aromatic heterocycles. The van der Waals surface area contributed by atoms with Gasteiger partial charge in [-0.1, -0.05) is 66.7 Å². The maximum absolute atomic E-state index is 9.17. The summed E-state index contributed by atoms with van der Waals surface area (Å²) in [5.74, 6) is 0. The van der Waals surface area contributed by atoms with E-state index in [1.165, 1.54) is 21.5 Å². The lowest BCUT2D eigenvalue weighted by Gasteiger charge is -2.09. The SMILES string of the molecule is [C-]#[N+]c1cccc(-c2ccc3c(ccc4cc(-c5cccc(C#N)c5)ccc43)c2)c1. The summed E-state index contributed by atoms with van der Waals surface area (Å²) in [6.45, 7) is 7.24. The summed E-state index contributed by atoms with van der Waals surface area (Å²) in [6, 6.07) is 34.8. The molecule has 0 radical (unpaired) electrons. The van der Waals surface area contributed by atoms with Crippen molar-refractivity contribution in [1.82, 2.24) is 0 Å². The minimum absolute atomic E-state index is 0.652. The van der Waals surface area contributed by atoms with Crippen molar-refractivity contribution in [3.8, 4) is 28.3 Å².